The van der Waals surface area contributed by atoms with Crippen LogP contribution < -0.4 is 9.47 Å². The van der Waals surface area contributed by atoms with Crippen molar-refractivity contribution in [2.45, 2.75) is 25.7 Å². The highest BCUT2D eigenvalue weighted by Crippen LogP contribution is 2.32. The Morgan fingerprint density at radius 3 is 2.42 bits per heavy atom. The number of alkyl halides is 3. The third kappa shape index (κ3) is 4.25. The standard InChI is InChI=1S/C23H24F3N3O2/c1-28-20-14-29(13-16-12-18(30-2)8-9-21(16)31-3)11-10-19(20)27-22(28)15-4-6-17(7-5-15)23(24,25)26/h4-9,12H,10-11,13-14H2,1-3H3. The van der Waals surface area contributed by atoms with Crippen molar-refractivity contribution >= 4 is 0 Å². The summed E-state index contributed by atoms with van der Waals surface area (Å²) in [7, 11) is 5.20. The van der Waals surface area contributed by atoms with E-state index in [1.165, 1.54) is 12.1 Å². The molecule has 1 aliphatic heterocycles. The molecule has 5 nitrogen and oxygen atoms in total. The normalized spacial score (nSPS) is 14.4. The predicted molar refractivity (Wildman–Crippen MR) is 111 cm³/mol. The lowest BCUT2D eigenvalue weighted by Gasteiger charge is -2.27. The van der Waals surface area contributed by atoms with Crippen molar-refractivity contribution in [1.29, 1.82) is 0 Å². The molecule has 1 aromatic heterocycles. The van der Waals surface area contributed by atoms with Gasteiger partial charge in [0.25, 0.3) is 0 Å². The highest BCUT2D eigenvalue weighted by molar-refractivity contribution is 5.58. The molecule has 0 N–H and O–H groups in total. The summed E-state index contributed by atoms with van der Waals surface area (Å²) >= 11 is 0. The predicted octanol–water partition coefficient (Wildman–Crippen LogP) is 4.68. The number of fused-ring (bicyclic) bond motifs is 1. The van der Waals surface area contributed by atoms with Crippen LogP contribution in [0.15, 0.2) is 42.5 Å². The molecule has 4 rings (SSSR count). The Labute approximate surface area is 179 Å². The first-order chi connectivity index (χ1) is 14.8. The average molecular weight is 431 g/mol. The van der Waals surface area contributed by atoms with Crippen molar-refractivity contribution in [3.8, 4) is 22.9 Å². The van der Waals surface area contributed by atoms with Crippen LogP contribution in [0.3, 0.4) is 0 Å². The van der Waals surface area contributed by atoms with Gasteiger partial charge in [0.05, 0.1) is 31.2 Å². The molecular formula is C23H24F3N3O2. The van der Waals surface area contributed by atoms with Crippen molar-refractivity contribution in [2.75, 3.05) is 20.8 Å². The van der Waals surface area contributed by atoms with Gasteiger partial charge in [0.1, 0.15) is 17.3 Å². The molecule has 3 aromatic rings. The van der Waals surface area contributed by atoms with Gasteiger partial charge >= 0.3 is 6.18 Å². The summed E-state index contributed by atoms with van der Waals surface area (Å²) in [6.45, 7) is 2.22. The van der Waals surface area contributed by atoms with Gasteiger partial charge in [-0.2, -0.15) is 13.2 Å². The average Bonchev–Trinajstić information content (AvgIpc) is 3.09. The van der Waals surface area contributed by atoms with Gasteiger partial charge in [-0.15, -0.1) is 0 Å². The summed E-state index contributed by atoms with van der Waals surface area (Å²) in [5.74, 6) is 2.26. The molecule has 0 spiro atoms. The largest absolute Gasteiger partial charge is 0.497 e. The van der Waals surface area contributed by atoms with E-state index in [0.717, 1.165) is 53.5 Å². The smallest absolute Gasteiger partial charge is 0.416 e. The topological polar surface area (TPSA) is 39.5 Å². The second kappa shape index (κ2) is 8.26. The van der Waals surface area contributed by atoms with E-state index in [2.05, 4.69) is 4.90 Å². The monoisotopic (exact) mass is 431 g/mol. The van der Waals surface area contributed by atoms with E-state index in [4.69, 9.17) is 14.5 Å². The molecule has 0 radical (unpaired) electrons. The zero-order chi connectivity index (χ0) is 22.2. The Morgan fingerprint density at radius 1 is 1.03 bits per heavy atom. The van der Waals surface area contributed by atoms with Crippen molar-refractivity contribution in [1.82, 2.24) is 14.5 Å². The van der Waals surface area contributed by atoms with E-state index in [1.54, 1.807) is 14.2 Å². The van der Waals surface area contributed by atoms with Gasteiger partial charge in [-0.3, -0.25) is 4.90 Å². The van der Waals surface area contributed by atoms with Crippen LogP contribution >= 0.6 is 0 Å². The van der Waals surface area contributed by atoms with E-state index in [1.807, 2.05) is 29.8 Å². The Kier molecular flexibility index (Phi) is 5.66. The fourth-order valence-electron chi connectivity index (χ4n) is 3.99. The van der Waals surface area contributed by atoms with Gasteiger partial charge in [0.2, 0.25) is 0 Å². The van der Waals surface area contributed by atoms with Crippen LogP contribution in [-0.4, -0.2) is 35.2 Å². The molecule has 0 aliphatic carbocycles. The molecule has 1 aliphatic rings. The van der Waals surface area contributed by atoms with E-state index in [9.17, 15) is 13.2 Å². The first-order valence-corrected chi connectivity index (χ1v) is 9.95. The molecule has 8 heteroatoms. The van der Waals surface area contributed by atoms with Gasteiger partial charge in [-0.1, -0.05) is 12.1 Å². The second-order valence-corrected chi connectivity index (χ2v) is 7.60. The lowest BCUT2D eigenvalue weighted by molar-refractivity contribution is -0.137. The van der Waals surface area contributed by atoms with Crippen LogP contribution in [0.2, 0.25) is 0 Å². The van der Waals surface area contributed by atoms with Gasteiger partial charge in [0.15, 0.2) is 0 Å². The van der Waals surface area contributed by atoms with Crippen molar-refractivity contribution < 1.29 is 22.6 Å². The minimum atomic E-state index is -4.35. The van der Waals surface area contributed by atoms with E-state index in [0.29, 0.717) is 24.5 Å². The molecule has 31 heavy (non-hydrogen) atoms. The molecule has 0 saturated heterocycles. The minimum Gasteiger partial charge on any atom is -0.497 e. The number of hydrogen-bond acceptors (Lipinski definition) is 4. The fourth-order valence-corrected chi connectivity index (χ4v) is 3.99. The Morgan fingerprint density at radius 2 is 1.77 bits per heavy atom. The van der Waals surface area contributed by atoms with E-state index < -0.39 is 11.7 Å². The Hall–Kier alpha value is -3.00. The maximum atomic E-state index is 12.9. The number of rotatable bonds is 5. The fraction of sp³-hybridized carbons (Fsp3) is 0.348. The van der Waals surface area contributed by atoms with E-state index in [-0.39, 0.29) is 0 Å². The molecule has 0 fully saturated rings. The highest BCUT2D eigenvalue weighted by Gasteiger charge is 2.30. The summed E-state index contributed by atoms with van der Waals surface area (Å²) in [6.07, 6.45) is -3.57. The van der Waals surface area contributed by atoms with Crippen LogP contribution in [0.1, 0.15) is 22.5 Å². The number of aromatic nitrogens is 2. The number of ether oxygens (including phenoxy) is 2. The van der Waals surface area contributed by atoms with Crippen molar-refractivity contribution in [2.24, 2.45) is 7.05 Å². The SMILES string of the molecule is COc1ccc(OC)c(CN2CCc3nc(-c4ccc(C(F)(F)F)cc4)n(C)c3C2)c1. The summed E-state index contributed by atoms with van der Waals surface area (Å²) in [5, 5.41) is 0. The lowest BCUT2D eigenvalue weighted by Crippen LogP contribution is -2.31. The number of halogens is 3. The van der Waals surface area contributed by atoms with Crippen molar-refractivity contribution in [3.63, 3.8) is 0 Å². The first-order valence-electron chi connectivity index (χ1n) is 9.95. The molecule has 0 saturated carbocycles. The van der Waals surface area contributed by atoms with Crippen LogP contribution in [0.4, 0.5) is 13.2 Å². The lowest BCUT2D eigenvalue weighted by atomic mass is 10.1. The molecule has 0 unspecified atom stereocenters. The maximum absolute atomic E-state index is 12.9. The summed E-state index contributed by atoms with van der Waals surface area (Å²) in [6, 6.07) is 10.9. The maximum Gasteiger partial charge on any atom is 0.416 e. The van der Waals surface area contributed by atoms with Crippen LogP contribution in [-0.2, 0) is 32.7 Å². The zero-order valence-corrected chi connectivity index (χ0v) is 17.7. The third-order valence-corrected chi connectivity index (χ3v) is 5.69. The Bertz CT molecular complexity index is 1070. The molecule has 0 atom stereocenters. The quantitative estimate of drug-likeness (QED) is 0.588. The van der Waals surface area contributed by atoms with Gasteiger partial charge in [0, 0.05) is 44.2 Å². The molecule has 0 bridgehead atoms. The third-order valence-electron chi connectivity index (χ3n) is 5.69. The van der Waals surface area contributed by atoms with Crippen LogP contribution in [0, 0.1) is 0 Å². The van der Waals surface area contributed by atoms with Crippen molar-refractivity contribution in [3.05, 3.63) is 65.0 Å². The number of benzene rings is 2. The minimum absolute atomic E-state index is 0.659. The van der Waals surface area contributed by atoms with Gasteiger partial charge in [-0.05, 0) is 30.3 Å². The summed E-state index contributed by atoms with van der Waals surface area (Å²) < 4.78 is 51.4. The molecule has 2 aromatic carbocycles. The number of nitrogens with zero attached hydrogens (tertiary/aromatic N) is 3. The molecule has 0 amide bonds. The summed E-state index contributed by atoms with van der Waals surface area (Å²) in [5.41, 5.74) is 3.12. The second-order valence-electron chi connectivity index (χ2n) is 7.60. The van der Waals surface area contributed by atoms with Gasteiger partial charge in [-0.25, -0.2) is 4.98 Å². The van der Waals surface area contributed by atoms with Crippen LogP contribution in [0.5, 0.6) is 11.5 Å². The molecular weight excluding hydrogens is 407 g/mol. The molecule has 2 heterocycles. The summed E-state index contributed by atoms with van der Waals surface area (Å²) in [4.78, 5) is 7.03. The first kappa shape index (κ1) is 21.2. The number of methoxy groups -OCH3 is 2. The Balaban J connectivity index is 1.56. The number of hydrogen-bond donors (Lipinski definition) is 0. The van der Waals surface area contributed by atoms with Gasteiger partial charge < -0.3 is 14.0 Å². The van der Waals surface area contributed by atoms with E-state index >= 15 is 0 Å². The number of imidazole rings is 1. The molecule has 164 valence electrons. The highest BCUT2D eigenvalue weighted by atomic mass is 19.4. The zero-order valence-electron chi connectivity index (χ0n) is 17.7. The van der Waals surface area contributed by atoms with Crippen LogP contribution in [0.25, 0.3) is 11.4 Å².